The van der Waals surface area contributed by atoms with Crippen LogP contribution in [0.4, 0.5) is 35.0 Å². The van der Waals surface area contributed by atoms with E-state index in [2.05, 4.69) is 25.6 Å². The minimum atomic E-state index is -4.99. The third kappa shape index (κ3) is 6.59. The molecule has 1 aromatic heterocycles. The van der Waals surface area contributed by atoms with E-state index in [-0.39, 0.29) is 17.8 Å². The number of nitrogens with zero attached hydrogens (tertiary/aromatic N) is 2. The summed E-state index contributed by atoms with van der Waals surface area (Å²) in [6.45, 7) is 0. The van der Waals surface area contributed by atoms with Gasteiger partial charge in [-0.2, -0.15) is 0 Å². The second-order valence-corrected chi connectivity index (χ2v) is 7.62. The minimum absolute atomic E-state index is 0.150. The molecule has 1 aliphatic rings. The van der Waals surface area contributed by atoms with E-state index in [0.29, 0.717) is 17.5 Å². The van der Waals surface area contributed by atoms with Crippen molar-refractivity contribution in [3.8, 4) is 11.5 Å². The molecule has 1 fully saturated rings. The fourth-order valence-corrected chi connectivity index (χ4v) is 3.49. The Hall–Kier alpha value is -3.83. The van der Waals surface area contributed by atoms with Crippen molar-refractivity contribution < 1.29 is 36.2 Å². The van der Waals surface area contributed by atoms with Crippen molar-refractivity contribution in [1.29, 1.82) is 0 Å². The number of alkyl halides is 3. The summed E-state index contributed by atoms with van der Waals surface area (Å²) in [6.07, 6.45) is 0.807. The molecule has 0 radical (unpaired) electrons. The van der Waals surface area contributed by atoms with Crippen LogP contribution >= 0.6 is 0 Å². The van der Waals surface area contributed by atoms with E-state index in [4.69, 9.17) is 9.15 Å². The van der Waals surface area contributed by atoms with Crippen LogP contribution < -0.4 is 20.1 Å². The summed E-state index contributed by atoms with van der Waals surface area (Å²) >= 11 is 0. The van der Waals surface area contributed by atoms with E-state index in [9.17, 15) is 22.4 Å². The zero-order chi connectivity index (χ0) is 24.1. The lowest BCUT2D eigenvalue weighted by Gasteiger charge is -2.23. The molecule has 1 aliphatic carbocycles. The van der Waals surface area contributed by atoms with Gasteiger partial charge < -0.3 is 24.5 Å². The van der Waals surface area contributed by atoms with Gasteiger partial charge in [0.2, 0.25) is 0 Å². The predicted octanol–water partition coefficient (Wildman–Crippen LogP) is 5.81. The molecule has 3 aromatic rings. The third-order valence-electron chi connectivity index (χ3n) is 4.94. The quantitative estimate of drug-likeness (QED) is 0.412. The molecule has 2 N–H and O–H groups in total. The molecule has 1 saturated carbocycles. The van der Waals surface area contributed by atoms with Crippen molar-refractivity contribution in [1.82, 2.24) is 10.2 Å². The van der Waals surface area contributed by atoms with Gasteiger partial charge in [-0.05, 0) is 56.0 Å². The maximum Gasteiger partial charge on any atom is 0.573 e. The molecule has 0 spiro atoms. The van der Waals surface area contributed by atoms with E-state index in [1.165, 1.54) is 6.42 Å². The smallest absolute Gasteiger partial charge is 0.490 e. The Balaban J connectivity index is 1.35. The third-order valence-corrected chi connectivity index (χ3v) is 4.94. The Labute approximate surface area is 191 Å². The molecule has 8 nitrogen and oxygen atoms in total. The number of ether oxygens (including phenoxy) is 2. The monoisotopic (exact) mass is 480 g/mol. The van der Waals surface area contributed by atoms with Crippen LogP contribution in [-0.2, 0) is 0 Å². The molecule has 1 heterocycles. The van der Waals surface area contributed by atoms with Gasteiger partial charge in [-0.25, -0.2) is 4.39 Å². The second-order valence-electron chi connectivity index (χ2n) is 7.62. The highest BCUT2D eigenvalue weighted by Crippen LogP contribution is 2.28. The van der Waals surface area contributed by atoms with Gasteiger partial charge in [0, 0.05) is 23.5 Å². The van der Waals surface area contributed by atoms with Crippen LogP contribution in [-0.4, -0.2) is 28.6 Å². The predicted molar refractivity (Wildman–Crippen MR) is 113 cm³/mol. The van der Waals surface area contributed by atoms with Gasteiger partial charge in [0.15, 0.2) is 0 Å². The topological polar surface area (TPSA) is 98.5 Å². The van der Waals surface area contributed by atoms with Gasteiger partial charge in [-0.1, -0.05) is 11.5 Å². The number of rotatable bonds is 7. The van der Waals surface area contributed by atoms with E-state index in [1.54, 1.807) is 24.3 Å². The lowest BCUT2D eigenvalue weighted by atomic mass is 9.98. The van der Waals surface area contributed by atoms with Gasteiger partial charge in [0.1, 0.15) is 17.3 Å². The molecule has 4 rings (SSSR count). The SMILES string of the molecule is O=C(Nc1ccc(OC2CCCCC2)cc1)c1nnc(Nc2cc(F)cc(OC(F)(F)F)c2)o1. The molecule has 2 aromatic carbocycles. The molecule has 0 saturated heterocycles. The number of anilines is 3. The molecule has 12 heteroatoms. The lowest BCUT2D eigenvalue weighted by molar-refractivity contribution is -0.274. The van der Waals surface area contributed by atoms with Crippen LogP contribution in [0.2, 0.25) is 0 Å². The summed E-state index contributed by atoms with van der Waals surface area (Å²) in [5.74, 6) is -2.17. The fraction of sp³-hybridized carbons (Fsp3) is 0.318. The maximum atomic E-state index is 13.6. The standard InChI is InChI=1S/C22H20F4N4O4/c23-13-10-15(12-18(11-13)34-22(24,25)26)28-21-30-29-20(33-21)19(31)27-14-6-8-17(9-7-14)32-16-4-2-1-3-5-16/h6-12,16H,1-5H2,(H,27,31)(H,28,30). The summed E-state index contributed by atoms with van der Waals surface area (Å²) in [6, 6.07) is 8.84. The molecular formula is C22H20F4N4O4. The molecule has 0 aliphatic heterocycles. The van der Waals surface area contributed by atoms with Crippen molar-refractivity contribution in [3.05, 3.63) is 54.2 Å². The minimum Gasteiger partial charge on any atom is -0.490 e. The number of amides is 1. The van der Waals surface area contributed by atoms with Crippen molar-refractivity contribution in [2.45, 2.75) is 44.6 Å². The molecule has 0 atom stereocenters. The summed E-state index contributed by atoms with van der Waals surface area (Å²) in [5.41, 5.74) is 0.316. The average Bonchev–Trinajstić information content (AvgIpc) is 3.23. The maximum absolute atomic E-state index is 13.6. The first kappa shape index (κ1) is 23.3. The first-order valence-electron chi connectivity index (χ1n) is 10.5. The number of aromatic nitrogens is 2. The van der Waals surface area contributed by atoms with Crippen LogP contribution in [0, 0.1) is 5.82 Å². The summed E-state index contributed by atoms with van der Waals surface area (Å²) in [4.78, 5) is 12.4. The van der Waals surface area contributed by atoms with E-state index in [0.717, 1.165) is 37.8 Å². The van der Waals surface area contributed by atoms with Gasteiger partial charge >= 0.3 is 24.2 Å². The molecular weight excluding hydrogens is 460 g/mol. The first-order chi connectivity index (χ1) is 16.2. The molecule has 1 amide bonds. The number of hydrogen-bond acceptors (Lipinski definition) is 7. The van der Waals surface area contributed by atoms with Crippen molar-refractivity contribution in [2.75, 3.05) is 10.6 Å². The Bertz CT molecular complexity index is 1130. The second kappa shape index (κ2) is 9.98. The summed E-state index contributed by atoms with van der Waals surface area (Å²) in [5, 5.41) is 12.2. The van der Waals surface area contributed by atoms with Crippen molar-refractivity contribution >= 4 is 23.3 Å². The molecule has 0 bridgehead atoms. The van der Waals surface area contributed by atoms with Gasteiger partial charge in [-0.15, -0.1) is 18.3 Å². The lowest BCUT2D eigenvalue weighted by Crippen LogP contribution is -2.19. The number of nitrogens with one attached hydrogen (secondary N) is 2. The van der Waals surface area contributed by atoms with Crippen molar-refractivity contribution in [2.24, 2.45) is 0 Å². The molecule has 0 unspecified atom stereocenters. The van der Waals surface area contributed by atoms with Crippen molar-refractivity contribution in [3.63, 3.8) is 0 Å². The number of carbonyl (C=O) groups is 1. The highest BCUT2D eigenvalue weighted by atomic mass is 19.4. The van der Waals surface area contributed by atoms with E-state index in [1.807, 2.05) is 0 Å². The fourth-order valence-electron chi connectivity index (χ4n) is 3.49. The highest BCUT2D eigenvalue weighted by molar-refractivity contribution is 6.00. The highest BCUT2D eigenvalue weighted by Gasteiger charge is 2.31. The van der Waals surface area contributed by atoms with E-state index >= 15 is 0 Å². The number of benzene rings is 2. The van der Waals surface area contributed by atoms with Crippen LogP contribution in [0.1, 0.15) is 42.8 Å². The zero-order valence-corrected chi connectivity index (χ0v) is 17.7. The van der Waals surface area contributed by atoms with Crippen LogP contribution in [0.15, 0.2) is 46.9 Å². The Kier molecular flexibility index (Phi) is 6.85. The number of carbonyl (C=O) groups excluding carboxylic acids is 1. The van der Waals surface area contributed by atoms with Crippen LogP contribution in [0.5, 0.6) is 11.5 Å². The summed E-state index contributed by atoms with van der Waals surface area (Å²) < 4.78 is 65.5. The average molecular weight is 480 g/mol. The number of halogens is 4. The largest absolute Gasteiger partial charge is 0.573 e. The Morgan fingerprint density at radius 3 is 2.41 bits per heavy atom. The Morgan fingerprint density at radius 2 is 1.71 bits per heavy atom. The van der Waals surface area contributed by atoms with Gasteiger partial charge in [0.25, 0.3) is 0 Å². The zero-order valence-electron chi connectivity index (χ0n) is 17.7. The molecule has 180 valence electrons. The van der Waals surface area contributed by atoms with Gasteiger partial charge in [-0.3, -0.25) is 4.79 Å². The normalized spacial score (nSPS) is 14.5. The number of hydrogen-bond donors (Lipinski definition) is 2. The van der Waals surface area contributed by atoms with Crippen LogP contribution in [0.25, 0.3) is 0 Å². The van der Waals surface area contributed by atoms with E-state index < -0.39 is 29.7 Å². The summed E-state index contributed by atoms with van der Waals surface area (Å²) in [7, 11) is 0. The molecule has 34 heavy (non-hydrogen) atoms. The first-order valence-corrected chi connectivity index (χ1v) is 10.5. The van der Waals surface area contributed by atoms with Gasteiger partial charge in [0.05, 0.1) is 6.10 Å². The van der Waals surface area contributed by atoms with Crippen LogP contribution in [0.3, 0.4) is 0 Å². The Morgan fingerprint density at radius 1 is 0.971 bits per heavy atom.